The van der Waals surface area contributed by atoms with Crippen LogP contribution in [0.2, 0.25) is 0 Å². The molecule has 0 amide bonds. The Morgan fingerprint density at radius 1 is 1.30 bits per heavy atom. The minimum atomic E-state index is 0.0382. The van der Waals surface area contributed by atoms with Crippen molar-refractivity contribution in [1.82, 2.24) is 25.1 Å². The van der Waals surface area contributed by atoms with E-state index >= 15 is 0 Å². The zero-order valence-corrected chi connectivity index (χ0v) is 14.6. The summed E-state index contributed by atoms with van der Waals surface area (Å²) in [6.07, 6.45) is 5.59. The highest BCUT2D eigenvalue weighted by Gasteiger charge is 2.27. The lowest BCUT2D eigenvalue weighted by Crippen LogP contribution is -2.52. The molecule has 0 aliphatic carbocycles. The van der Waals surface area contributed by atoms with Crippen LogP contribution in [0.3, 0.4) is 0 Å². The number of aromatic nitrogens is 2. The Hall–Kier alpha value is -1.60. The number of hydrogen-bond donors (Lipinski definition) is 2. The molecule has 7 heteroatoms. The summed E-state index contributed by atoms with van der Waals surface area (Å²) < 4.78 is 7.49. The molecule has 23 heavy (non-hydrogen) atoms. The number of imidazole rings is 1. The molecule has 1 aliphatic heterocycles. The van der Waals surface area contributed by atoms with Crippen LogP contribution in [0.5, 0.6) is 0 Å². The Bertz CT molecular complexity index is 465. The SMILES string of the molecule is CCNC(=NCC(C)(C)N1CCOCC1)NCCn1ccnc1. The Morgan fingerprint density at radius 2 is 2.09 bits per heavy atom. The van der Waals surface area contributed by atoms with Crippen molar-refractivity contribution in [2.24, 2.45) is 4.99 Å². The summed E-state index contributed by atoms with van der Waals surface area (Å²) in [5.41, 5.74) is 0.0382. The van der Waals surface area contributed by atoms with E-state index in [1.807, 2.05) is 17.1 Å². The van der Waals surface area contributed by atoms with Crippen LogP contribution in [0.25, 0.3) is 0 Å². The van der Waals surface area contributed by atoms with Crippen LogP contribution in [-0.4, -0.2) is 71.9 Å². The van der Waals surface area contributed by atoms with Crippen LogP contribution < -0.4 is 10.6 Å². The third kappa shape index (κ3) is 5.84. The quantitative estimate of drug-likeness (QED) is 0.567. The predicted octanol–water partition coefficient (Wildman–Crippen LogP) is 0.549. The highest BCUT2D eigenvalue weighted by Crippen LogP contribution is 2.16. The highest BCUT2D eigenvalue weighted by molar-refractivity contribution is 5.79. The first kappa shape index (κ1) is 17.7. The van der Waals surface area contributed by atoms with Gasteiger partial charge in [-0.2, -0.15) is 0 Å². The van der Waals surface area contributed by atoms with Gasteiger partial charge in [-0.15, -0.1) is 0 Å². The van der Waals surface area contributed by atoms with E-state index in [1.165, 1.54) is 0 Å². The van der Waals surface area contributed by atoms with Crippen LogP contribution in [0, 0.1) is 0 Å². The summed E-state index contributed by atoms with van der Waals surface area (Å²) in [6, 6.07) is 0. The van der Waals surface area contributed by atoms with Gasteiger partial charge in [0.15, 0.2) is 5.96 Å². The van der Waals surface area contributed by atoms with Crippen molar-refractivity contribution >= 4 is 5.96 Å². The molecule has 0 bridgehead atoms. The Labute approximate surface area is 139 Å². The van der Waals surface area contributed by atoms with Gasteiger partial charge >= 0.3 is 0 Å². The Balaban J connectivity index is 1.83. The van der Waals surface area contributed by atoms with Crippen LogP contribution in [-0.2, 0) is 11.3 Å². The van der Waals surface area contributed by atoms with E-state index in [1.54, 1.807) is 6.20 Å². The van der Waals surface area contributed by atoms with Gasteiger partial charge in [-0.05, 0) is 20.8 Å². The van der Waals surface area contributed by atoms with E-state index in [2.05, 4.69) is 41.3 Å². The van der Waals surface area contributed by atoms with Crippen molar-refractivity contribution < 1.29 is 4.74 Å². The molecule has 1 aromatic heterocycles. The molecular weight excluding hydrogens is 292 g/mol. The smallest absolute Gasteiger partial charge is 0.191 e. The molecule has 2 heterocycles. The molecule has 7 nitrogen and oxygen atoms in total. The summed E-state index contributed by atoms with van der Waals surface area (Å²) in [5, 5.41) is 6.69. The van der Waals surface area contributed by atoms with E-state index in [-0.39, 0.29) is 5.54 Å². The number of rotatable bonds is 7. The van der Waals surface area contributed by atoms with Crippen molar-refractivity contribution in [3.05, 3.63) is 18.7 Å². The van der Waals surface area contributed by atoms with Gasteiger partial charge in [-0.1, -0.05) is 0 Å². The van der Waals surface area contributed by atoms with Crippen LogP contribution in [0.4, 0.5) is 0 Å². The topological polar surface area (TPSA) is 66.7 Å². The van der Waals surface area contributed by atoms with Gasteiger partial charge in [-0.25, -0.2) is 4.98 Å². The second kappa shape index (κ2) is 8.88. The van der Waals surface area contributed by atoms with E-state index in [4.69, 9.17) is 9.73 Å². The second-order valence-electron chi connectivity index (χ2n) is 6.33. The average molecular weight is 322 g/mol. The van der Waals surface area contributed by atoms with Gasteiger partial charge in [0.1, 0.15) is 0 Å². The lowest BCUT2D eigenvalue weighted by atomic mass is 10.0. The van der Waals surface area contributed by atoms with Crippen molar-refractivity contribution in [2.45, 2.75) is 32.9 Å². The van der Waals surface area contributed by atoms with Gasteiger partial charge in [0.05, 0.1) is 26.1 Å². The van der Waals surface area contributed by atoms with Gasteiger partial charge < -0.3 is 19.9 Å². The monoisotopic (exact) mass is 322 g/mol. The standard InChI is InChI=1S/C16H30N6O/c1-4-18-15(19-6-8-21-7-5-17-14-21)20-13-16(2,3)22-9-11-23-12-10-22/h5,7,14H,4,6,8-13H2,1-3H3,(H2,18,19,20). The Morgan fingerprint density at radius 3 is 2.74 bits per heavy atom. The Kier molecular flexibility index (Phi) is 6.85. The maximum absolute atomic E-state index is 5.44. The van der Waals surface area contributed by atoms with Crippen molar-refractivity contribution in [1.29, 1.82) is 0 Å². The maximum atomic E-state index is 5.44. The van der Waals surface area contributed by atoms with Crippen molar-refractivity contribution in [3.63, 3.8) is 0 Å². The maximum Gasteiger partial charge on any atom is 0.191 e. The van der Waals surface area contributed by atoms with Crippen LogP contribution >= 0.6 is 0 Å². The number of aliphatic imine (C=N–C) groups is 1. The summed E-state index contributed by atoms with van der Waals surface area (Å²) in [4.78, 5) is 11.3. The normalized spacial score (nSPS) is 17.3. The van der Waals surface area contributed by atoms with Gasteiger partial charge in [0, 0.05) is 50.7 Å². The van der Waals surface area contributed by atoms with E-state index in [9.17, 15) is 0 Å². The van der Waals surface area contributed by atoms with Crippen LogP contribution in [0.1, 0.15) is 20.8 Å². The molecule has 0 unspecified atom stereocenters. The van der Waals surface area contributed by atoms with Gasteiger partial charge in [0.2, 0.25) is 0 Å². The molecule has 130 valence electrons. The van der Waals surface area contributed by atoms with Gasteiger partial charge in [0.25, 0.3) is 0 Å². The fraction of sp³-hybridized carbons (Fsp3) is 0.750. The summed E-state index contributed by atoms with van der Waals surface area (Å²) in [6.45, 7) is 13.5. The lowest BCUT2D eigenvalue weighted by molar-refractivity contribution is -0.00683. The van der Waals surface area contributed by atoms with E-state index in [0.717, 1.165) is 58.4 Å². The average Bonchev–Trinajstić information content (AvgIpc) is 3.07. The predicted molar refractivity (Wildman–Crippen MR) is 92.7 cm³/mol. The summed E-state index contributed by atoms with van der Waals surface area (Å²) in [7, 11) is 0. The molecule has 2 N–H and O–H groups in total. The van der Waals surface area contributed by atoms with Gasteiger partial charge in [-0.3, -0.25) is 9.89 Å². The van der Waals surface area contributed by atoms with Crippen LogP contribution in [0.15, 0.2) is 23.7 Å². The molecule has 0 spiro atoms. The molecular formula is C16H30N6O. The highest BCUT2D eigenvalue weighted by atomic mass is 16.5. The minimum absolute atomic E-state index is 0.0382. The molecule has 1 fully saturated rings. The molecule has 0 saturated carbocycles. The minimum Gasteiger partial charge on any atom is -0.379 e. The number of nitrogens with zero attached hydrogens (tertiary/aromatic N) is 4. The number of guanidine groups is 1. The lowest BCUT2D eigenvalue weighted by Gasteiger charge is -2.39. The zero-order chi connectivity index (χ0) is 16.5. The van der Waals surface area contributed by atoms with Crippen molar-refractivity contribution in [2.75, 3.05) is 45.9 Å². The van der Waals surface area contributed by atoms with Crippen molar-refractivity contribution in [3.8, 4) is 0 Å². The molecule has 2 rings (SSSR count). The summed E-state index contributed by atoms with van der Waals surface area (Å²) >= 11 is 0. The number of ether oxygens (including phenoxy) is 1. The fourth-order valence-electron chi connectivity index (χ4n) is 2.61. The number of nitrogens with one attached hydrogen (secondary N) is 2. The third-order valence-electron chi connectivity index (χ3n) is 4.06. The molecule has 1 saturated heterocycles. The largest absolute Gasteiger partial charge is 0.379 e. The van der Waals surface area contributed by atoms with E-state index in [0.29, 0.717) is 0 Å². The first-order chi connectivity index (χ1) is 11.1. The first-order valence-electron chi connectivity index (χ1n) is 8.42. The van der Waals surface area contributed by atoms with E-state index < -0.39 is 0 Å². The molecule has 0 aromatic carbocycles. The molecule has 0 atom stereocenters. The molecule has 1 aromatic rings. The number of morpholine rings is 1. The third-order valence-corrected chi connectivity index (χ3v) is 4.06. The zero-order valence-electron chi connectivity index (χ0n) is 14.6. The summed E-state index contributed by atoms with van der Waals surface area (Å²) in [5.74, 6) is 0.869. The molecule has 0 radical (unpaired) electrons. The first-order valence-corrected chi connectivity index (χ1v) is 8.42. The fourth-order valence-corrected chi connectivity index (χ4v) is 2.61. The number of hydrogen-bond acceptors (Lipinski definition) is 4. The second-order valence-corrected chi connectivity index (χ2v) is 6.33. The molecule has 1 aliphatic rings.